The minimum Gasteiger partial charge on any atom is -0.370 e. The maximum Gasteiger partial charge on any atom is 0.220 e. The lowest BCUT2D eigenvalue weighted by Gasteiger charge is -2.15. The van der Waals surface area contributed by atoms with Crippen LogP contribution < -0.4 is 11.1 Å². The normalized spacial score (nSPS) is 18.4. The predicted molar refractivity (Wildman–Crippen MR) is 70.8 cm³/mol. The van der Waals surface area contributed by atoms with Crippen LogP contribution in [0.1, 0.15) is 37.7 Å². The van der Waals surface area contributed by atoms with Crippen molar-refractivity contribution in [3.8, 4) is 0 Å². The lowest BCUT2D eigenvalue weighted by Crippen LogP contribution is -2.25. The molecule has 1 aromatic carbocycles. The fourth-order valence-electron chi connectivity index (χ4n) is 2.04. The van der Waals surface area contributed by atoms with E-state index in [0.29, 0.717) is 31.4 Å². The zero-order valence-corrected chi connectivity index (χ0v) is 11.3. The number of carbonyl (C=O) groups excluding carboxylic acids is 2. The third kappa shape index (κ3) is 4.95. The zero-order valence-electron chi connectivity index (χ0n) is 11.3. The average molecular weight is 284 g/mol. The van der Waals surface area contributed by atoms with Crippen LogP contribution in [0.4, 0.5) is 8.78 Å². The summed E-state index contributed by atoms with van der Waals surface area (Å²) < 4.78 is 26.6. The molecule has 0 aliphatic carbocycles. The van der Waals surface area contributed by atoms with Gasteiger partial charge in [0.05, 0.1) is 0 Å². The molecule has 2 rings (SSSR count). The van der Waals surface area contributed by atoms with Crippen LogP contribution in [0.5, 0.6) is 0 Å². The summed E-state index contributed by atoms with van der Waals surface area (Å²) in [5, 5.41) is 2.71. The lowest BCUT2D eigenvalue weighted by atomic mass is 9.94. The minimum atomic E-state index is -0.826. The molecule has 0 radical (unpaired) electrons. The van der Waals surface area contributed by atoms with Crippen molar-refractivity contribution >= 4 is 11.8 Å². The van der Waals surface area contributed by atoms with Crippen LogP contribution in [0, 0.1) is 11.6 Å². The van der Waals surface area contributed by atoms with Gasteiger partial charge in [0.25, 0.3) is 0 Å². The quantitative estimate of drug-likeness (QED) is 0.826. The van der Waals surface area contributed by atoms with E-state index in [1.54, 1.807) is 6.07 Å². The van der Waals surface area contributed by atoms with Gasteiger partial charge in [0.1, 0.15) is 0 Å². The van der Waals surface area contributed by atoms with E-state index in [2.05, 4.69) is 11.1 Å². The lowest BCUT2D eigenvalue weighted by molar-refractivity contribution is -0.120. The first-order chi connectivity index (χ1) is 9.41. The SMILES string of the molecule is CC(N)=O.O=C1CCCC(c2cccc(F)c2F)CN1. The van der Waals surface area contributed by atoms with Gasteiger partial charge in [-0.1, -0.05) is 12.1 Å². The topological polar surface area (TPSA) is 72.2 Å². The van der Waals surface area contributed by atoms with E-state index in [9.17, 15) is 18.4 Å². The molecule has 2 amide bonds. The van der Waals surface area contributed by atoms with E-state index in [1.165, 1.54) is 13.0 Å². The largest absolute Gasteiger partial charge is 0.370 e. The molecule has 1 unspecified atom stereocenters. The maximum absolute atomic E-state index is 13.5. The molecule has 6 heteroatoms. The molecule has 20 heavy (non-hydrogen) atoms. The summed E-state index contributed by atoms with van der Waals surface area (Å²) in [6.45, 7) is 1.69. The van der Waals surface area contributed by atoms with Crippen LogP contribution in [0.25, 0.3) is 0 Å². The number of hydrogen-bond donors (Lipinski definition) is 2. The van der Waals surface area contributed by atoms with Gasteiger partial charge < -0.3 is 11.1 Å². The van der Waals surface area contributed by atoms with Crippen molar-refractivity contribution in [3.63, 3.8) is 0 Å². The number of hydrogen-bond acceptors (Lipinski definition) is 2. The van der Waals surface area contributed by atoms with Gasteiger partial charge in [0.15, 0.2) is 11.6 Å². The molecular weight excluding hydrogens is 266 g/mol. The van der Waals surface area contributed by atoms with Crippen molar-refractivity contribution < 1.29 is 18.4 Å². The molecule has 0 aromatic heterocycles. The number of amides is 2. The van der Waals surface area contributed by atoms with E-state index >= 15 is 0 Å². The molecule has 1 atom stereocenters. The van der Waals surface area contributed by atoms with Gasteiger partial charge in [-0.15, -0.1) is 0 Å². The Kier molecular flexibility index (Phi) is 6.09. The number of nitrogens with two attached hydrogens (primary N) is 1. The fourth-order valence-corrected chi connectivity index (χ4v) is 2.04. The molecule has 0 spiro atoms. The number of halogens is 2. The van der Waals surface area contributed by atoms with Crippen LogP contribution in [-0.2, 0) is 9.59 Å². The highest BCUT2D eigenvalue weighted by molar-refractivity contribution is 5.76. The molecule has 1 aliphatic heterocycles. The smallest absolute Gasteiger partial charge is 0.220 e. The first kappa shape index (κ1) is 16.1. The Morgan fingerprint density at radius 2 is 2.05 bits per heavy atom. The molecule has 1 aromatic rings. The van der Waals surface area contributed by atoms with Crippen molar-refractivity contribution in [1.29, 1.82) is 0 Å². The van der Waals surface area contributed by atoms with Gasteiger partial charge >= 0.3 is 0 Å². The molecule has 3 N–H and O–H groups in total. The summed E-state index contributed by atoms with van der Waals surface area (Å²) in [6, 6.07) is 4.19. The first-order valence-corrected chi connectivity index (χ1v) is 6.38. The molecule has 4 nitrogen and oxygen atoms in total. The van der Waals surface area contributed by atoms with E-state index in [0.717, 1.165) is 6.07 Å². The Labute approximate surface area is 116 Å². The third-order valence-electron chi connectivity index (χ3n) is 2.92. The Morgan fingerprint density at radius 1 is 1.40 bits per heavy atom. The van der Waals surface area contributed by atoms with Gasteiger partial charge in [0, 0.05) is 25.8 Å². The summed E-state index contributed by atoms with van der Waals surface area (Å²) >= 11 is 0. The van der Waals surface area contributed by atoms with Crippen LogP contribution in [-0.4, -0.2) is 18.4 Å². The molecule has 0 saturated carbocycles. The number of nitrogens with one attached hydrogen (secondary N) is 1. The number of benzene rings is 1. The summed E-state index contributed by atoms with van der Waals surface area (Å²) in [6.07, 6.45) is 1.89. The van der Waals surface area contributed by atoms with Crippen LogP contribution in [0.2, 0.25) is 0 Å². The van der Waals surface area contributed by atoms with Gasteiger partial charge in [-0.2, -0.15) is 0 Å². The second-order valence-corrected chi connectivity index (χ2v) is 4.65. The summed E-state index contributed by atoms with van der Waals surface area (Å²) in [5.74, 6) is -2.09. The van der Waals surface area contributed by atoms with E-state index in [4.69, 9.17) is 0 Å². The van der Waals surface area contributed by atoms with Crippen LogP contribution in [0.15, 0.2) is 18.2 Å². The Bertz CT molecular complexity index is 488. The van der Waals surface area contributed by atoms with Crippen molar-refractivity contribution in [2.24, 2.45) is 5.73 Å². The molecular formula is C14H18F2N2O2. The Balaban J connectivity index is 0.000000444. The van der Waals surface area contributed by atoms with Crippen molar-refractivity contribution in [2.45, 2.75) is 32.1 Å². The molecule has 110 valence electrons. The maximum atomic E-state index is 13.5. The zero-order chi connectivity index (χ0) is 15.1. The summed E-state index contributed by atoms with van der Waals surface area (Å²) in [4.78, 5) is 20.4. The summed E-state index contributed by atoms with van der Waals surface area (Å²) in [7, 11) is 0. The molecule has 1 fully saturated rings. The number of primary amides is 1. The van der Waals surface area contributed by atoms with Crippen molar-refractivity contribution in [2.75, 3.05) is 6.54 Å². The first-order valence-electron chi connectivity index (χ1n) is 6.38. The Hall–Kier alpha value is -1.98. The molecule has 1 saturated heterocycles. The molecule has 0 bridgehead atoms. The molecule has 1 aliphatic rings. The van der Waals surface area contributed by atoms with Crippen molar-refractivity contribution in [3.05, 3.63) is 35.4 Å². The second-order valence-electron chi connectivity index (χ2n) is 4.65. The Morgan fingerprint density at radius 3 is 2.70 bits per heavy atom. The third-order valence-corrected chi connectivity index (χ3v) is 2.92. The second kappa shape index (κ2) is 7.57. The van der Waals surface area contributed by atoms with Gasteiger partial charge in [-0.05, 0) is 24.5 Å². The highest BCUT2D eigenvalue weighted by atomic mass is 19.2. The van der Waals surface area contributed by atoms with Crippen LogP contribution >= 0.6 is 0 Å². The summed E-state index contributed by atoms with van der Waals surface area (Å²) in [5.41, 5.74) is 4.84. The fraction of sp³-hybridized carbons (Fsp3) is 0.429. The predicted octanol–water partition coefficient (Wildman–Crippen LogP) is 1.84. The number of carbonyl (C=O) groups is 2. The van der Waals surface area contributed by atoms with Gasteiger partial charge in [-0.3, -0.25) is 9.59 Å². The monoisotopic (exact) mass is 284 g/mol. The van der Waals surface area contributed by atoms with E-state index < -0.39 is 11.6 Å². The minimum absolute atomic E-state index is 0.0145. The van der Waals surface area contributed by atoms with Gasteiger partial charge in [0.2, 0.25) is 11.8 Å². The standard InChI is InChI=1S/C12H13F2NO.C2H5NO/c13-10-5-2-4-9(12(10)14)8-3-1-6-11(16)15-7-8;1-2(3)4/h2,4-5,8H,1,3,6-7H2,(H,15,16);1H3,(H2,3,4). The molecule has 1 heterocycles. The van der Waals surface area contributed by atoms with Crippen molar-refractivity contribution in [1.82, 2.24) is 5.32 Å². The van der Waals surface area contributed by atoms with E-state index in [-0.39, 0.29) is 17.7 Å². The van der Waals surface area contributed by atoms with E-state index in [1.807, 2.05) is 0 Å². The average Bonchev–Trinajstić information content (AvgIpc) is 2.57. The van der Waals surface area contributed by atoms with Gasteiger partial charge in [-0.25, -0.2) is 8.78 Å². The highest BCUT2D eigenvalue weighted by Gasteiger charge is 2.21. The van der Waals surface area contributed by atoms with Crippen LogP contribution in [0.3, 0.4) is 0 Å². The number of rotatable bonds is 1. The highest BCUT2D eigenvalue weighted by Crippen LogP contribution is 2.26.